The lowest BCUT2D eigenvalue weighted by molar-refractivity contribution is -0.151. The van der Waals surface area contributed by atoms with Crippen molar-refractivity contribution in [3.8, 4) is 0 Å². The van der Waals surface area contributed by atoms with Gasteiger partial charge in [-0.1, -0.05) is 19.3 Å². The third-order valence-electron chi connectivity index (χ3n) is 3.46. The summed E-state index contributed by atoms with van der Waals surface area (Å²) in [6.07, 6.45) is 6.99. The van der Waals surface area contributed by atoms with Crippen LogP contribution in [0.1, 0.15) is 37.8 Å². The number of carbonyl (C=O) groups is 1. The van der Waals surface area contributed by atoms with Gasteiger partial charge in [0.2, 0.25) is 5.95 Å². The molecule has 5 heteroatoms. The van der Waals surface area contributed by atoms with Crippen molar-refractivity contribution in [2.45, 2.75) is 38.5 Å². The van der Waals surface area contributed by atoms with Crippen molar-refractivity contribution in [2.24, 2.45) is 5.41 Å². The van der Waals surface area contributed by atoms with Crippen molar-refractivity contribution < 1.29 is 14.3 Å². The minimum Gasteiger partial charge on any atom is -0.481 e. The molecule has 1 aliphatic carbocycles. The smallest absolute Gasteiger partial charge is 0.310 e. The molecule has 0 atom stereocenters. The summed E-state index contributed by atoms with van der Waals surface area (Å²) in [5.74, 6) is -1.41. The van der Waals surface area contributed by atoms with Gasteiger partial charge in [0.15, 0.2) is 0 Å². The van der Waals surface area contributed by atoms with Crippen LogP contribution in [0.15, 0.2) is 12.4 Å². The molecule has 0 saturated heterocycles. The summed E-state index contributed by atoms with van der Waals surface area (Å²) < 4.78 is 12.6. The van der Waals surface area contributed by atoms with E-state index < -0.39 is 17.3 Å². The number of hydrogen-bond donors (Lipinski definition) is 1. The van der Waals surface area contributed by atoms with E-state index in [1.54, 1.807) is 0 Å². The van der Waals surface area contributed by atoms with Gasteiger partial charge in [0.1, 0.15) is 0 Å². The summed E-state index contributed by atoms with van der Waals surface area (Å²) in [7, 11) is 0. The lowest BCUT2D eigenvalue weighted by Gasteiger charge is -2.32. The molecule has 1 heterocycles. The van der Waals surface area contributed by atoms with E-state index in [-0.39, 0.29) is 0 Å². The Labute approximate surface area is 98.9 Å². The van der Waals surface area contributed by atoms with Gasteiger partial charge in [-0.05, 0) is 12.8 Å². The van der Waals surface area contributed by atoms with Crippen LogP contribution in [0.4, 0.5) is 4.39 Å². The zero-order chi connectivity index (χ0) is 12.3. The van der Waals surface area contributed by atoms with E-state index in [4.69, 9.17) is 0 Å². The maximum Gasteiger partial charge on any atom is 0.310 e. The van der Waals surface area contributed by atoms with E-state index in [2.05, 4.69) is 9.97 Å². The Morgan fingerprint density at radius 2 is 2.00 bits per heavy atom. The molecule has 0 unspecified atom stereocenters. The highest BCUT2D eigenvalue weighted by Crippen LogP contribution is 2.39. The number of nitrogens with zero attached hydrogens (tertiary/aromatic N) is 2. The molecule has 17 heavy (non-hydrogen) atoms. The lowest BCUT2D eigenvalue weighted by Crippen LogP contribution is -2.35. The Bertz CT molecular complexity index is 399. The van der Waals surface area contributed by atoms with E-state index in [0.29, 0.717) is 25.0 Å². The van der Waals surface area contributed by atoms with Gasteiger partial charge in [-0.3, -0.25) is 9.78 Å². The van der Waals surface area contributed by atoms with Crippen LogP contribution in [0.5, 0.6) is 0 Å². The zero-order valence-corrected chi connectivity index (χ0v) is 9.53. The van der Waals surface area contributed by atoms with Crippen LogP contribution >= 0.6 is 0 Å². The molecule has 1 N–H and O–H groups in total. The fraction of sp³-hybridized carbons (Fsp3) is 0.583. The monoisotopic (exact) mass is 238 g/mol. The first-order valence-electron chi connectivity index (χ1n) is 5.82. The second-order valence-electron chi connectivity index (χ2n) is 4.65. The lowest BCUT2D eigenvalue weighted by atomic mass is 9.71. The molecule has 92 valence electrons. The third kappa shape index (κ3) is 2.60. The van der Waals surface area contributed by atoms with Crippen LogP contribution in [0.3, 0.4) is 0 Å². The topological polar surface area (TPSA) is 63.1 Å². The van der Waals surface area contributed by atoms with E-state index >= 15 is 0 Å². The predicted octanol–water partition coefficient (Wildman–Crippen LogP) is 2.19. The second-order valence-corrected chi connectivity index (χ2v) is 4.65. The summed E-state index contributed by atoms with van der Waals surface area (Å²) in [6, 6.07) is 0. The van der Waals surface area contributed by atoms with Gasteiger partial charge < -0.3 is 5.11 Å². The number of carboxylic acids is 1. The van der Waals surface area contributed by atoms with Crippen molar-refractivity contribution in [3.63, 3.8) is 0 Å². The van der Waals surface area contributed by atoms with Crippen molar-refractivity contribution in [1.29, 1.82) is 0 Å². The van der Waals surface area contributed by atoms with Crippen LogP contribution in [0, 0.1) is 11.4 Å². The molecule has 1 aromatic heterocycles. The molecule has 1 aliphatic rings. The molecule has 0 radical (unpaired) electrons. The van der Waals surface area contributed by atoms with Crippen LogP contribution in [0.25, 0.3) is 0 Å². The highest BCUT2D eigenvalue weighted by atomic mass is 19.1. The van der Waals surface area contributed by atoms with Crippen molar-refractivity contribution in [2.75, 3.05) is 0 Å². The Hall–Kier alpha value is -1.52. The fourth-order valence-electron chi connectivity index (χ4n) is 2.47. The van der Waals surface area contributed by atoms with Crippen LogP contribution < -0.4 is 0 Å². The van der Waals surface area contributed by atoms with Crippen molar-refractivity contribution >= 4 is 5.97 Å². The summed E-state index contributed by atoms with van der Waals surface area (Å²) in [5.41, 5.74) is -0.180. The maximum atomic E-state index is 12.6. The first kappa shape index (κ1) is 12.0. The largest absolute Gasteiger partial charge is 0.481 e. The van der Waals surface area contributed by atoms with E-state index in [9.17, 15) is 14.3 Å². The van der Waals surface area contributed by atoms with E-state index in [0.717, 1.165) is 25.5 Å². The van der Waals surface area contributed by atoms with Crippen LogP contribution in [0.2, 0.25) is 0 Å². The Balaban J connectivity index is 2.17. The molecule has 0 amide bonds. The molecule has 0 bridgehead atoms. The summed E-state index contributed by atoms with van der Waals surface area (Å²) in [5, 5.41) is 9.38. The van der Waals surface area contributed by atoms with E-state index in [1.165, 1.54) is 6.20 Å². The summed E-state index contributed by atoms with van der Waals surface area (Å²) in [6.45, 7) is 0. The number of aliphatic carboxylic acids is 1. The number of carboxylic acid groups (broad SMARTS) is 1. The van der Waals surface area contributed by atoms with Crippen molar-refractivity contribution in [3.05, 3.63) is 24.0 Å². The van der Waals surface area contributed by atoms with Gasteiger partial charge in [-0.15, -0.1) is 0 Å². The number of halogens is 1. The number of rotatable bonds is 3. The quantitative estimate of drug-likeness (QED) is 0.876. The zero-order valence-electron chi connectivity index (χ0n) is 9.53. The Morgan fingerprint density at radius 3 is 2.53 bits per heavy atom. The third-order valence-corrected chi connectivity index (χ3v) is 3.46. The second kappa shape index (κ2) is 4.77. The Kier molecular flexibility index (Phi) is 3.36. The molecule has 1 aromatic rings. The minimum absolute atomic E-state index is 0.343. The predicted molar refractivity (Wildman–Crippen MR) is 58.8 cm³/mol. The average Bonchev–Trinajstić information content (AvgIpc) is 2.33. The molecule has 4 nitrogen and oxygen atoms in total. The number of aromatic nitrogens is 2. The first-order chi connectivity index (χ1) is 8.12. The summed E-state index contributed by atoms with van der Waals surface area (Å²) >= 11 is 0. The minimum atomic E-state index is -0.775. The van der Waals surface area contributed by atoms with Gasteiger partial charge in [-0.25, -0.2) is 4.98 Å². The molecule has 0 spiro atoms. The van der Waals surface area contributed by atoms with E-state index in [1.807, 2.05) is 0 Å². The average molecular weight is 238 g/mol. The normalized spacial score (nSPS) is 18.9. The molecule has 0 aromatic carbocycles. The Morgan fingerprint density at radius 1 is 1.29 bits per heavy atom. The molecular weight excluding hydrogens is 223 g/mol. The standard InChI is InChI=1S/C12H15FN2O2/c13-10-8-14-9(7-15-10)6-12(11(16)17)4-2-1-3-5-12/h7-8H,1-6H2,(H,16,17). The van der Waals surface area contributed by atoms with Crippen LogP contribution in [-0.2, 0) is 11.2 Å². The highest BCUT2D eigenvalue weighted by molar-refractivity contribution is 5.75. The maximum absolute atomic E-state index is 12.6. The van der Waals surface area contributed by atoms with Crippen molar-refractivity contribution in [1.82, 2.24) is 9.97 Å². The first-order valence-corrected chi connectivity index (χ1v) is 5.82. The SMILES string of the molecule is O=C(O)C1(Cc2cnc(F)cn2)CCCCC1. The van der Waals surface area contributed by atoms with Gasteiger partial charge in [-0.2, -0.15) is 4.39 Å². The molecule has 2 rings (SSSR count). The fourth-order valence-corrected chi connectivity index (χ4v) is 2.47. The van der Waals surface area contributed by atoms with Crippen LogP contribution in [-0.4, -0.2) is 21.0 Å². The van der Waals surface area contributed by atoms with Gasteiger partial charge in [0.25, 0.3) is 0 Å². The summed E-state index contributed by atoms with van der Waals surface area (Å²) in [4.78, 5) is 18.8. The molecular formula is C12H15FN2O2. The van der Waals surface area contributed by atoms with Gasteiger partial charge in [0, 0.05) is 6.42 Å². The van der Waals surface area contributed by atoms with Gasteiger partial charge in [0.05, 0.1) is 23.5 Å². The molecule has 1 saturated carbocycles. The molecule has 0 aliphatic heterocycles. The molecule has 1 fully saturated rings. The van der Waals surface area contributed by atoms with Gasteiger partial charge >= 0.3 is 5.97 Å². The number of hydrogen-bond acceptors (Lipinski definition) is 3. The highest BCUT2D eigenvalue weighted by Gasteiger charge is 2.40.